The van der Waals surface area contributed by atoms with Crippen LogP contribution in [0.15, 0.2) is 30.3 Å². The largest absolute Gasteiger partial charge is 0.493 e. The average molecular weight is 271 g/mol. The molecule has 0 atom stereocenters. The van der Waals surface area contributed by atoms with Crippen LogP contribution in [-0.4, -0.2) is 17.7 Å². The summed E-state index contributed by atoms with van der Waals surface area (Å²) in [4.78, 5) is 11.5. The first-order valence-corrected chi connectivity index (χ1v) is 5.95. The van der Waals surface area contributed by atoms with Crippen molar-refractivity contribution in [3.05, 3.63) is 30.3 Å². The van der Waals surface area contributed by atoms with E-state index in [1.54, 1.807) is 0 Å². The van der Waals surface area contributed by atoms with Crippen LogP contribution in [0.1, 0.15) is 13.8 Å². The SMILES string of the molecule is CC(C)(COc1ccccc1)C(=O)CBr. The number of alkyl halides is 1. The Labute approximate surface area is 98.8 Å². The summed E-state index contributed by atoms with van der Waals surface area (Å²) >= 11 is 3.17. The van der Waals surface area contributed by atoms with Gasteiger partial charge in [-0.2, -0.15) is 0 Å². The van der Waals surface area contributed by atoms with Gasteiger partial charge in [0, 0.05) is 0 Å². The third-order valence-electron chi connectivity index (χ3n) is 2.22. The Balaban J connectivity index is 2.53. The lowest BCUT2D eigenvalue weighted by atomic mass is 9.90. The molecule has 0 aromatic heterocycles. The van der Waals surface area contributed by atoms with Gasteiger partial charge in [-0.3, -0.25) is 4.79 Å². The number of hydrogen-bond donors (Lipinski definition) is 0. The predicted octanol–water partition coefficient (Wildman–Crippen LogP) is 3.06. The van der Waals surface area contributed by atoms with Crippen LogP contribution < -0.4 is 4.74 Å². The smallest absolute Gasteiger partial charge is 0.152 e. The lowest BCUT2D eigenvalue weighted by Crippen LogP contribution is -2.31. The highest BCUT2D eigenvalue weighted by atomic mass is 79.9. The Morgan fingerprint density at radius 2 is 1.93 bits per heavy atom. The van der Waals surface area contributed by atoms with Gasteiger partial charge in [0.15, 0.2) is 5.78 Å². The molecule has 0 unspecified atom stereocenters. The lowest BCUT2D eigenvalue weighted by Gasteiger charge is -2.22. The Kier molecular flexibility index (Phi) is 4.33. The number of carbonyl (C=O) groups is 1. The summed E-state index contributed by atoms with van der Waals surface area (Å²) in [5, 5.41) is 0.373. The molecule has 0 bridgehead atoms. The highest BCUT2D eigenvalue weighted by Gasteiger charge is 2.27. The van der Waals surface area contributed by atoms with Crippen LogP contribution in [0.5, 0.6) is 5.75 Å². The van der Waals surface area contributed by atoms with E-state index in [0.717, 1.165) is 5.75 Å². The summed E-state index contributed by atoms with van der Waals surface area (Å²) in [6.07, 6.45) is 0. The standard InChI is InChI=1S/C12H15BrO2/c1-12(2,11(14)8-13)9-15-10-6-4-3-5-7-10/h3-7H,8-9H2,1-2H3. The molecule has 0 aliphatic heterocycles. The van der Waals surface area contributed by atoms with E-state index in [0.29, 0.717) is 11.9 Å². The van der Waals surface area contributed by atoms with E-state index in [-0.39, 0.29) is 5.78 Å². The van der Waals surface area contributed by atoms with Crippen LogP contribution in [-0.2, 0) is 4.79 Å². The van der Waals surface area contributed by atoms with Crippen molar-refractivity contribution in [1.29, 1.82) is 0 Å². The summed E-state index contributed by atoms with van der Waals surface area (Å²) in [6, 6.07) is 9.52. The van der Waals surface area contributed by atoms with E-state index in [2.05, 4.69) is 15.9 Å². The second-order valence-electron chi connectivity index (χ2n) is 4.04. The molecule has 1 rings (SSSR count). The van der Waals surface area contributed by atoms with Crippen molar-refractivity contribution in [1.82, 2.24) is 0 Å². The number of rotatable bonds is 5. The quantitative estimate of drug-likeness (QED) is 0.769. The monoisotopic (exact) mass is 270 g/mol. The second-order valence-corrected chi connectivity index (χ2v) is 4.60. The molecule has 15 heavy (non-hydrogen) atoms. The first kappa shape index (κ1) is 12.2. The predicted molar refractivity (Wildman–Crippen MR) is 64.5 cm³/mol. The molecule has 2 nitrogen and oxygen atoms in total. The van der Waals surface area contributed by atoms with Gasteiger partial charge in [0.2, 0.25) is 0 Å². The van der Waals surface area contributed by atoms with Crippen LogP contribution in [0.25, 0.3) is 0 Å². The van der Waals surface area contributed by atoms with Crippen LogP contribution in [0.4, 0.5) is 0 Å². The number of carbonyl (C=O) groups excluding carboxylic acids is 1. The summed E-state index contributed by atoms with van der Waals surface area (Å²) in [6.45, 7) is 4.18. The van der Waals surface area contributed by atoms with Gasteiger partial charge in [-0.1, -0.05) is 34.1 Å². The zero-order chi connectivity index (χ0) is 11.3. The van der Waals surface area contributed by atoms with E-state index < -0.39 is 5.41 Å². The summed E-state index contributed by atoms with van der Waals surface area (Å²) in [5.74, 6) is 0.950. The van der Waals surface area contributed by atoms with Crippen molar-refractivity contribution in [2.24, 2.45) is 5.41 Å². The Bertz CT molecular complexity index is 320. The average Bonchev–Trinajstić information content (AvgIpc) is 2.27. The molecule has 0 amide bonds. The molecule has 0 aliphatic rings. The molecule has 3 heteroatoms. The third-order valence-corrected chi connectivity index (χ3v) is 2.73. The third kappa shape index (κ3) is 3.67. The normalized spacial score (nSPS) is 11.1. The van der Waals surface area contributed by atoms with Gasteiger partial charge < -0.3 is 4.74 Å². The first-order chi connectivity index (χ1) is 7.06. The van der Waals surface area contributed by atoms with Crippen LogP contribution in [0, 0.1) is 5.41 Å². The molecule has 82 valence electrons. The molecule has 0 fully saturated rings. The molecule has 0 saturated carbocycles. The number of halogens is 1. The number of para-hydroxylation sites is 1. The molecule has 0 saturated heterocycles. The minimum absolute atomic E-state index is 0.151. The van der Waals surface area contributed by atoms with Gasteiger partial charge >= 0.3 is 0 Å². The molecule has 0 heterocycles. The van der Waals surface area contributed by atoms with Gasteiger partial charge in [-0.15, -0.1) is 0 Å². The van der Waals surface area contributed by atoms with Gasteiger partial charge in [-0.05, 0) is 26.0 Å². The van der Waals surface area contributed by atoms with E-state index >= 15 is 0 Å². The van der Waals surface area contributed by atoms with Crippen LogP contribution in [0.2, 0.25) is 0 Å². The van der Waals surface area contributed by atoms with Gasteiger partial charge in [0.25, 0.3) is 0 Å². The first-order valence-electron chi connectivity index (χ1n) is 4.83. The van der Waals surface area contributed by atoms with Crippen molar-refractivity contribution in [3.8, 4) is 5.75 Å². The Hall–Kier alpha value is -0.830. The fourth-order valence-corrected chi connectivity index (χ4v) is 1.80. The summed E-state index contributed by atoms with van der Waals surface area (Å²) in [7, 11) is 0. The maximum atomic E-state index is 11.5. The number of Topliss-reactive ketones (excluding diaryl/α,β-unsaturated/α-hetero) is 1. The molecule has 0 N–H and O–H groups in total. The Morgan fingerprint density at radius 3 is 2.47 bits per heavy atom. The maximum Gasteiger partial charge on any atom is 0.152 e. The zero-order valence-electron chi connectivity index (χ0n) is 9.00. The molecule has 1 aromatic carbocycles. The van der Waals surface area contributed by atoms with Crippen LogP contribution in [0.3, 0.4) is 0 Å². The van der Waals surface area contributed by atoms with Gasteiger partial charge in [0.1, 0.15) is 12.4 Å². The van der Waals surface area contributed by atoms with Crippen molar-refractivity contribution in [2.45, 2.75) is 13.8 Å². The van der Waals surface area contributed by atoms with Gasteiger partial charge in [-0.25, -0.2) is 0 Å². The van der Waals surface area contributed by atoms with Crippen molar-refractivity contribution < 1.29 is 9.53 Å². The van der Waals surface area contributed by atoms with E-state index in [9.17, 15) is 4.79 Å². The zero-order valence-corrected chi connectivity index (χ0v) is 10.6. The number of ether oxygens (including phenoxy) is 1. The molecular formula is C12H15BrO2. The van der Waals surface area contributed by atoms with Gasteiger partial charge in [0.05, 0.1) is 10.7 Å². The number of hydrogen-bond acceptors (Lipinski definition) is 2. The van der Waals surface area contributed by atoms with E-state index in [4.69, 9.17) is 4.74 Å². The van der Waals surface area contributed by atoms with Crippen LogP contribution >= 0.6 is 15.9 Å². The highest BCUT2D eigenvalue weighted by Crippen LogP contribution is 2.20. The molecule has 1 aromatic rings. The topological polar surface area (TPSA) is 26.3 Å². The number of benzene rings is 1. The fraction of sp³-hybridized carbons (Fsp3) is 0.417. The molecule has 0 radical (unpaired) electrons. The molecule has 0 aliphatic carbocycles. The fourth-order valence-electron chi connectivity index (χ4n) is 1.04. The van der Waals surface area contributed by atoms with Crippen molar-refractivity contribution >= 4 is 21.7 Å². The highest BCUT2D eigenvalue weighted by molar-refractivity contribution is 9.09. The number of ketones is 1. The summed E-state index contributed by atoms with van der Waals surface area (Å²) in [5.41, 5.74) is -0.445. The molecular weight excluding hydrogens is 256 g/mol. The van der Waals surface area contributed by atoms with Crippen molar-refractivity contribution in [2.75, 3.05) is 11.9 Å². The Morgan fingerprint density at radius 1 is 1.33 bits per heavy atom. The summed E-state index contributed by atoms with van der Waals surface area (Å²) < 4.78 is 5.55. The minimum atomic E-state index is -0.445. The minimum Gasteiger partial charge on any atom is -0.493 e. The van der Waals surface area contributed by atoms with E-state index in [1.165, 1.54) is 0 Å². The molecule has 0 spiro atoms. The van der Waals surface area contributed by atoms with E-state index in [1.807, 2.05) is 44.2 Å². The van der Waals surface area contributed by atoms with Crippen molar-refractivity contribution in [3.63, 3.8) is 0 Å². The second kappa shape index (κ2) is 5.31. The lowest BCUT2D eigenvalue weighted by molar-refractivity contribution is -0.125. The maximum absolute atomic E-state index is 11.5.